The van der Waals surface area contributed by atoms with Crippen LogP contribution in [0.2, 0.25) is 0 Å². The Hall–Kier alpha value is -1.53. The van der Waals surface area contributed by atoms with Gasteiger partial charge in [-0.3, -0.25) is 10.1 Å². The van der Waals surface area contributed by atoms with E-state index in [-0.39, 0.29) is 11.1 Å². The molecule has 1 heterocycles. The number of benzene rings is 1. The Labute approximate surface area is 106 Å². The normalized spacial score (nSPS) is 12.4. The van der Waals surface area contributed by atoms with Crippen molar-refractivity contribution in [2.45, 2.75) is 12.3 Å². The molecule has 0 radical (unpaired) electrons. The molecule has 0 aliphatic heterocycles. The van der Waals surface area contributed by atoms with Crippen LogP contribution in [0, 0.1) is 10.1 Å². The Bertz CT molecular complexity index is 556. The minimum Gasteiger partial charge on any atom is -0.258 e. The topological polar surface area (TPSA) is 68.9 Å². The summed E-state index contributed by atoms with van der Waals surface area (Å²) in [5, 5.41) is 19.6. The Kier molecular flexibility index (Phi) is 3.35. The van der Waals surface area contributed by atoms with Crippen LogP contribution < -0.4 is 0 Å². The van der Waals surface area contributed by atoms with E-state index in [1.165, 1.54) is 17.4 Å². The van der Waals surface area contributed by atoms with E-state index in [9.17, 15) is 10.1 Å². The first-order chi connectivity index (χ1) is 8.09. The Morgan fingerprint density at radius 2 is 2.12 bits per heavy atom. The van der Waals surface area contributed by atoms with Crippen molar-refractivity contribution in [1.82, 2.24) is 10.2 Å². The second kappa shape index (κ2) is 4.77. The number of nitro groups is 1. The van der Waals surface area contributed by atoms with E-state index in [2.05, 4.69) is 10.2 Å². The van der Waals surface area contributed by atoms with Gasteiger partial charge < -0.3 is 0 Å². The molecule has 0 saturated heterocycles. The lowest BCUT2D eigenvalue weighted by Crippen LogP contribution is -1.90. The molecule has 88 valence electrons. The van der Waals surface area contributed by atoms with Gasteiger partial charge in [0.2, 0.25) is 0 Å². The molecule has 0 saturated carbocycles. The van der Waals surface area contributed by atoms with Crippen LogP contribution in [-0.2, 0) is 0 Å². The molecule has 0 bridgehead atoms. The van der Waals surface area contributed by atoms with Crippen LogP contribution in [0.15, 0.2) is 24.3 Å². The summed E-state index contributed by atoms with van der Waals surface area (Å²) >= 11 is 7.15. The number of rotatable bonds is 3. The fourth-order valence-electron chi connectivity index (χ4n) is 1.32. The van der Waals surface area contributed by atoms with Crippen molar-refractivity contribution in [2.24, 2.45) is 0 Å². The zero-order valence-electron chi connectivity index (χ0n) is 8.83. The van der Waals surface area contributed by atoms with Crippen molar-refractivity contribution >= 4 is 28.6 Å². The lowest BCUT2D eigenvalue weighted by atomic mass is 10.2. The van der Waals surface area contributed by atoms with Gasteiger partial charge in [0.25, 0.3) is 5.69 Å². The van der Waals surface area contributed by atoms with Gasteiger partial charge in [-0.1, -0.05) is 23.5 Å². The van der Waals surface area contributed by atoms with Crippen molar-refractivity contribution in [3.05, 3.63) is 39.4 Å². The molecule has 0 amide bonds. The fourth-order valence-corrected chi connectivity index (χ4v) is 2.30. The highest BCUT2D eigenvalue weighted by Gasteiger charge is 2.18. The number of para-hydroxylation sites is 1. The van der Waals surface area contributed by atoms with E-state index in [0.29, 0.717) is 15.6 Å². The van der Waals surface area contributed by atoms with Gasteiger partial charge >= 0.3 is 0 Å². The number of nitrogens with zero attached hydrogens (tertiary/aromatic N) is 3. The van der Waals surface area contributed by atoms with Crippen LogP contribution in [0.5, 0.6) is 0 Å². The van der Waals surface area contributed by atoms with Gasteiger partial charge in [-0.05, 0) is 13.0 Å². The first-order valence-electron chi connectivity index (χ1n) is 4.81. The molecular weight excluding hydrogens is 262 g/mol. The summed E-state index contributed by atoms with van der Waals surface area (Å²) in [5.41, 5.74) is 0.496. The number of aromatic nitrogens is 2. The lowest BCUT2D eigenvalue weighted by Gasteiger charge is -1.97. The molecule has 1 unspecified atom stereocenters. The van der Waals surface area contributed by atoms with E-state index >= 15 is 0 Å². The van der Waals surface area contributed by atoms with Crippen molar-refractivity contribution in [3.63, 3.8) is 0 Å². The van der Waals surface area contributed by atoms with Gasteiger partial charge in [-0.2, -0.15) is 0 Å². The zero-order chi connectivity index (χ0) is 12.4. The third-order valence-corrected chi connectivity index (χ3v) is 3.59. The Morgan fingerprint density at radius 1 is 1.41 bits per heavy atom. The molecule has 7 heteroatoms. The van der Waals surface area contributed by atoms with Gasteiger partial charge in [0.05, 0.1) is 15.9 Å². The molecule has 2 rings (SSSR count). The van der Waals surface area contributed by atoms with Crippen molar-refractivity contribution in [1.29, 1.82) is 0 Å². The number of nitro benzene ring substituents is 1. The first-order valence-corrected chi connectivity index (χ1v) is 6.06. The van der Waals surface area contributed by atoms with Gasteiger partial charge in [0.1, 0.15) is 5.01 Å². The third kappa shape index (κ3) is 2.42. The predicted octanol–water partition coefficient (Wildman–Crippen LogP) is 3.41. The summed E-state index contributed by atoms with van der Waals surface area (Å²) in [5.74, 6) is 0. The Morgan fingerprint density at radius 3 is 2.71 bits per heavy atom. The molecule has 1 atom stereocenters. The SMILES string of the molecule is CC(Cl)c1nnc(-c2ccccc2[N+](=O)[O-])s1. The lowest BCUT2D eigenvalue weighted by molar-refractivity contribution is -0.384. The highest BCUT2D eigenvalue weighted by Crippen LogP contribution is 2.34. The second-order valence-electron chi connectivity index (χ2n) is 3.34. The fraction of sp³-hybridized carbons (Fsp3) is 0.200. The molecule has 5 nitrogen and oxygen atoms in total. The van der Waals surface area contributed by atoms with Crippen LogP contribution >= 0.6 is 22.9 Å². The summed E-state index contributed by atoms with van der Waals surface area (Å²) < 4.78 is 0. The van der Waals surface area contributed by atoms with Crippen LogP contribution in [0.1, 0.15) is 17.3 Å². The number of halogens is 1. The average Bonchev–Trinajstić information content (AvgIpc) is 2.78. The van der Waals surface area contributed by atoms with Gasteiger partial charge in [-0.15, -0.1) is 21.8 Å². The monoisotopic (exact) mass is 269 g/mol. The van der Waals surface area contributed by atoms with Crippen molar-refractivity contribution in [2.75, 3.05) is 0 Å². The molecule has 1 aromatic carbocycles. The summed E-state index contributed by atoms with van der Waals surface area (Å²) in [6, 6.07) is 6.45. The summed E-state index contributed by atoms with van der Waals surface area (Å²) in [6.07, 6.45) is 0. The minimum absolute atomic E-state index is 0.0254. The van der Waals surface area contributed by atoms with E-state index < -0.39 is 4.92 Å². The van der Waals surface area contributed by atoms with Crippen LogP contribution in [-0.4, -0.2) is 15.1 Å². The maximum absolute atomic E-state index is 10.9. The highest BCUT2D eigenvalue weighted by atomic mass is 35.5. The Balaban J connectivity index is 2.49. The minimum atomic E-state index is -0.430. The molecule has 0 aliphatic carbocycles. The van der Waals surface area contributed by atoms with Crippen molar-refractivity contribution in [3.8, 4) is 10.6 Å². The highest BCUT2D eigenvalue weighted by molar-refractivity contribution is 7.15. The summed E-state index contributed by atoms with van der Waals surface area (Å²) in [6.45, 7) is 1.78. The number of hydrogen-bond donors (Lipinski definition) is 0. The maximum Gasteiger partial charge on any atom is 0.279 e. The van der Waals surface area contributed by atoms with E-state index in [4.69, 9.17) is 11.6 Å². The molecule has 0 N–H and O–H groups in total. The molecule has 2 aromatic rings. The average molecular weight is 270 g/mol. The molecule has 17 heavy (non-hydrogen) atoms. The van der Waals surface area contributed by atoms with Gasteiger partial charge in [0, 0.05) is 6.07 Å². The van der Waals surface area contributed by atoms with E-state index in [1.54, 1.807) is 25.1 Å². The zero-order valence-corrected chi connectivity index (χ0v) is 10.4. The van der Waals surface area contributed by atoms with Crippen molar-refractivity contribution < 1.29 is 4.92 Å². The molecule has 0 fully saturated rings. The predicted molar refractivity (Wildman–Crippen MR) is 66.3 cm³/mol. The van der Waals surface area contributed by atoms with Crippen LogP contribution in [0.4, 0.5) is 5.69 Å². The van der Waals surface area contributed by atoms with Crippen LogP contribution in [0.25, 0.3) is 10.6 Å². The van der Waals surface area contributed by atoms with E-state index in [0.717, 1.165) is 0 Å². The molecule has 0 spiro atoms. The summed E-state index contributed by atoms with van der Waals surface area (Å²) in [4.78, 5) is 10.4. The second-order valence-corrected chi connectivity index (χ2v) is 5.00. The smallest absolute Gasteiger partial charge is 0.258 e. The quantitative estimate of drug-likeness (QED) is 0.486. The van der Waals surface area contributed by atoms with Crippen LogP contribution in [0.3, 0.4) is 0 Å². The largest absolute Gasteiger partial charge is 0.279 e. The van der Waals surface area contributed by atoms with Gasteiger partial charge in [-0.25, -0.2) is 0 Å². The standard InChI is InChI=1S/C10H8ClN3O2S/c1-6(11)9-12-13-10(17-9)7-4-2-3-5-8(7)14(15)16/h2-6H,1H3. The maximum atomic E-state index is 10.9. The molecule has 0 aliphatic rings. The van der Waals surface area contributed by atoms with E-state index in [1.807, 2.05) is 0 Å². The number of hydrogen-bond acceptors (Lipinski definition) is 5. The third-order valence-electron chi connectivity index (χ3n) is 2.11. The molecule has 1 aromatic heterocycles. The van der Waals surface area contributed by atoms with Gasteiger partial charge in [0.15, 0.2) is 5.01 Å². The molecular formula is C10H8ClN3O2S. The summed E-state index contributed by atoms with van der Waals surface area (Å²) in [7, 11) is 0. The first kappa shape index (κ1) is 11.9. The number of alkyl halides is 1.